The highest BCUT2D eigenvalue weighted by Gasteiger charge is 2.46. The first kappa shape index (κ1) is 43.7. The summed E-state index contributed by atoms with van der Waals surface area (Å²) in [7, 11) is -33.6. The second kappa shape index (κ2) is 15.5. The molecule has 0 saturated heterocycles. The lowest BCUT2D eigenvalue weighted by molar-refractivity contribution is 0.118. The van der Waals surface area contributed by atoms with Gasteiger partial charge in [-0.1, -0.05) is 0 Å². The summed E-state index contributed by atoms with van der Waals surface area (Å²) >= 11 is 0. The van der Waals surface area contributed by atoms with Crippen LogP contribution in [-0.2, 0) is 83.7 Å². The standard InChI is InChI=1S/C19H37N3O21S7/c1-44(23,24)41-20-13-6-18(49(37,38)42-21-11-2-14(45(25,26)27)8-15(3-11)46(28,29)30)10-19(7-13)50(39,40)43-22-12-4-16(47(31,32)33)9-17(5-12)48(34,35)36/h11-22H,2-10H2,1H3,(H,25,26,27)(H,28,29,30)(H,31,32,33)(H,34,35,36). The summed E-state index contributed by atoms with van der Waals surface area (Å²) in [5.41, 5.74) is 5.96. The molecule has 3 fully saturated rings. The van der Waals surface area contributed by atoms with Crippen LogP contribution in [0.3, 0.4) is 0 Å². The van der Waals surface area contributed by atoms with Crippen molar-refractivity contribution in [3.05, 3.63) is 0 Å². The third-order valence-electron chi connectivity index (χ3n) is 8.39. The summed E-state index contributed by atoms with van der Waals surface area (Å²) in [6.45, 7) is 0. The Morgan fingerprint density at radius 1 is 0.380 bits per heavy atom. The minimum absolute atomic E-state index is 0.570. The normalized spacial score (nSPS) is 32.8. The van der Waals surface area contributed by atoms with Crippen molar-refractivity contribution in [2.75, 3.05) is 6.26 Å². The van der Waals surface area contributed by atoms with Gasteiger partial charge >= 0.3 is 0 Å². The number of hydroxylamine groups is 3. The fraction of sp³-hybridized carbons (Fsp3) is 1.00. The average Bonchev–Trinajstić information content (AvgIpc) is 2.95. The molecule has 6 atom stereocenters. The average molecular weight is 868 g/mol. The zero-order chi connectivity index (χ0) is 38.3. The maximum Gasteiger partial charge on any atom is 0.286 e. The lowest BCUT2D eigenvalue weighted by Gasteiger charge is -2.35. The summed E-state index contributed by atoms with van der Waals surface area (Å²) in [5.74, 6) is 0. The van der Waals surface area contributed by atoms with E-state index in [2.05, 4.69) is 4.28 Å². The topological polar surface area (TPSA) is 384 Å². The van der Waals surface area contributed by atoms with Crippen LogP contribution in [0.15, 0.2) is 0 Å². The van der Waals surface area contributed by atoms with Crippen molar-refractivity contribution in [1.29, 1.82) is 0 Å². The van der Waals surface area contributed by atoms with Crippen LogP contribution in [0, 0.1) is 0 Å². The zero-order valence-corrected chi connectivity index (χ0v) is 31.4. The van der Waals surface area contributed by atoms with Gasteiger partial charge in [0.2, 0.25) is 0 Å². The molecule has 3 saturated carbocycles. The molecule has 0 aromatic carbocycles. The lowest BCUT2D eigenvalue weighted by atomic mass is 9.95. The quantitative estimate of drug-likeness (QED) is 0.0622. The molecule has 7 N–H and O–H groups in total. The van der Waals surface area contributed by atoms with E-state index in [1.807, 2.05) is 16.4 Å². The Balaban J connectivity index is 1.80. The highest BCUT2D eigenvalue weighted by atomic mass is 32.2. The zero-order valence-electron chi connectivity index (χ0n) is 25.6. The van der Waals surface area contributed by atoms with Crippen molar-refractivity contribution in [3.8, 4) is 0 Å². The maximum absolute atomic E-state index is 13.3. The van der Waals surface area contributed by atoms with Crippen molar-refractivity contribution in [2.24, 2.45) is 0 Å². The second-order valence-corrected chi connectivity index (χ2v) is 24.3. The first-order valence-electron chi connectivity index (χ1n) is 14.2. The van der Waals surface area contributed by atoms with E-state index in [4.69, 9.17) is 8.57 Å². The fourth-order valence-corrected chi connectivity index (χ4v) is 13.1. The van der Waals surface area contributed by atoms with Gasteiger partial charge in [0.1, 0.15) is 0 Å². The molecule has 50 heavy (non-hydrogen) atoms. The van der Waals surface area contributed by atoms with Crippen molar-refractivity contribution in [3.63, 3.8) is 0 Å². The number of hydrogen-bond donors (Lipinski definition) is 7. The van der Waals surface area contributed by atoms with Gasteiger partial charge in [0.05, 0.1) is 37.8 Å². The molecular weight excluding hydrogens is 831 g/mol. The first-order chi connectivity index (χ1) is 22.4. The first-order valence-corrected chi connectivity index (χ1v) is 25.0. The second-order valence-electron chi connectivity index (χ2n) is 12.3. The Kier molecular flexibility index (Phi) is 13.6. The van der Waals surface area contributed by atoms with Gasteiger partial charge < -0.3 is 0 Å². The highest BCUT2D eigenvalue weighted by molar-refractivity contribution is 7.89. The van der Waals surface area contributed by atoms with Crippen LogP contribution in [0.25, 0.3) is 0 Å². The van der Waals surface area contributed by atoms with E-state index in [9.17, 15) is 77.1 Å². The van der Waals surface area contributed by atoms with E-state index in [0.29, 0.717) is 6.26 Å². The van der Waals surface area contributed by atoms with E-state index >= 15 is 0 Å². The number of hydrogen-bond acceptors (Lipinski definition) is 20. The van der Waals surface area contributed by atoms with Gasteiger partial charge in [-0.3, -0.25) is 18.2 Å². The van der Waals surface area contributed by atoms with Crippen LogP contribution in [0.4, 0.5) is 0 Å². The Morgan fingerprint density at radius 3 is 0.840 bits per heavy atom. The predicted octanol–water partition coefficient (Wildman–Crippen LogP) is -3.41. The molecular formula is C19H37N3O21S7. The van der Waals surface area contributed by atoms with Crippen molar-refractivity contribution in [1.82, 2.24) is 16.4 Å². The summed E-state index contributed by atoms with van der Waals surface area (Å²) < 4.78 is 222. The largest absolute Gasteiger partial charge is 0.286 e. The minimum Gasteiger partial charge on any atom is -0.285 e. The number of nitrogens with one attached hydrogen (secondary N) is 3. The van der Waals surface area contributed by atoms with E-state index in [1.54, 1.807) is 0 Å². The summed E-state index contributed by atoms with van der Waals surface area (Å²) in [4.78, 5) is 0. The van der Waals surface area contributed by atoms with Crippen LogP contribution in [0.5, 0.6) is 0 Å². The van der Waals surface area contributed by atoms with Gasteiger partial charge in [0.25, 0.3) is 70.8 Å². The maximum atomic E-state index is 13.3. The van der Waals surface area contributed by atoms with Crippen LogP contribution < -0.4 is 16.4 Å². The number of rotatable bonds is 15. The van der Waals surface area contributed by atoms with Gasteiger partial charge in [-0.25, -0.2) is 0 Å². The lowest BCUT2D eigenvalue weighted by Crippen LogP contribution is -2.51. The molecule has 24 nitrogen and oxygen atoms in total. The molecule has 0 amide bonds. The van der Waals surface area contributed by atoms with E-state index in [-0.39, 0.29) is 0 Å². The van der Waals surface area contributed by atoms with E-state index < -0.39 is 178 Å². The molecule has 0 radical (unpaired) electrons. The molecule has 0 heterocycles. The molecule has 3 aliphatic rings. The Bertz CT molecular complexity index is 1810. The van der Waals surface area contributed by atoms with E-state index in [1.165, 1.54) is 0 Å². The van der Waals surface area contributed by atoms with Crippen LogP contribution in [-0.4, -0.2) is 133 Å². The third-order valence-corrected chi connectivity index (χ3v) is 16.8. The fourth-order valence-electron chi connectivity index (χ4n) is 5.94. The van der Waals surface area contributed by atoms with Gasteiger partial charge in [0.15, 0.2) is 0 Å². The minimum atomic E-state index is -4.96. The van der Waals surface area contributed by atoms with Crippen molar-refractivity contribution in [2.45, 2.75) is 107 Å². The third kappa shape index (κ3) is 12.7. The van der Waals surface area contributed by atoms with Gasteiger partial charge in [-0.05, 0) is 57.8 Å². The molecule has 3 rings (SSSR count). The monoisotopic (exact) mass is 867 g/mol. The van der Waals surface area contributed by atoms with Crippen LogP contribution >= 0.6 is 0 Å². The molecule has 31 heteroatoms. The van der Waals surface area contributed by atoms with Crippen LogP contribution in [0.2, 0.25) is 0 Å². The molecule has 0 aliphatic heterocycles. The molecule has 6 unspecified atom stereocenters. The summed E-state index contributed by atoms with van der Waals surface area (Å²) in [6, 6.07) is -4.19. The molecule has 0 bridgehead atoms. The van der Waals surface area contributed by atoms with Gasteiger partial charge in [-0.15, -0.1) is 0 Å². The SMILES string of the molecule is CS(=O)(=O)ONC1CC(S(=O)(=O)ONC2CC(S(=O)(=O)O)CC(S(=O)(=O)O)C2)CC(S(=O)(=O)ONC2CC(S(=O)(=O)O)CC(S(=O)(=O)O)C2)C1. The molecule has 0 spiro atoms. The molecule has 0 aromatic heterocycles. The Hall–Kier alpha value is -0.750. The van der Waals surface area contributed by atoms with Crippen LogP contribution in [0.1, 0.15) is 57.8 Å². The predicted molar refractivity (Wildman–Crippen MR) is 167 cm³/mol. The smallest absolute Gasteiger partial charge is 0.285 e. The highest BCUT2D eigenvalue weighted by Crippen LogP contribution is 2.33. The summed E-state index contributed by atoms with van der Waals surface area (Å²) in [5, 5.41) is -10.7. The molecule has 296 valence electrons. The van der Waals surface area contributed by atoms with Gasteiger partial charge in [0, 0.05) is 18.1 Å². The van der Waals surface area contributed by atoms with Crippen molar-refractivity contribution >= 4 is 70.8 Å². The van der Waals surface area contributed by atoms with Crippen molar-refractivity contribution < 1.29 is 90.0 Å². The summed E-state index contributed by atoms with van der Waals surface area (Å²) in [6.07, 6.45) is -5.10. The Morgan fingerprint density at radius 2 is 0.600 bits per heavy atom. The van der Waals surface area contributed by atoms with E-state index in [0.717, 1.165) is 0 Å². The molecule has 0 aromatic rings. The molecule has 3 aliphatic carbocycles. The van der Waals surface area contributed by atoms with Gasteiger partial charge in [-0.2, -0.15) is 88.2 Å². The Labute approximate surface area is 289 Å².